The number of carbonyl (C=O) groups excluding carboxylic acids is 1. The van der Waals surface area contributed by atoms with E-state index in [0.717, 1.165) is 35.4 Å². The smallest absolute Gasteiger partial charge is 0.244 e. The lowest BCUT2D eigenvalue weighted by Gasteiger charge is -2.31. The van der Waals surface area contributed by atoms with Crippen molar-refractivity contribution in [3.05, 3.63) is 65.0 Å². The first-order chi connectivity index (χ1) is 13.7. The van der Waals surface area contributed by atoms with Crippen LogP contribution in [0.15, 0.2) is 42.5 Å². The zero-order chi connectivity index (χ0) is 21.2. The second-order valence-corrected chi connectivity index (χ2v) is 9.43. The third-order valence-corrected chi connectivity index (χ3v) is 6.57. The van der Waals surface area contributed by atoms with Gasteiger partial charge in [-0.3, -0.25) is 9.10 Å². The van der Waals surface area contributed by atoms with E-state index in [1.54, 1.807) is 6.92 Å². The monoisotopic (exact) mass is 418 g/mol. The third-order valence-electron chi connectivity index (χ3n) is 5.39. The fraction of sp³-hybridized carbons (Fsp3) is 0.409. The van der Waals surface area contributed by atoms with Crippen molar-refractivity contribution in [3.63, 3.8) is 0 Å². The highest BCUT2D eigenvalue weighted by molar-refractivity contribution is 7.92. The Morgan fingerprint density at radius 2 is 1.79 bits per heavy atom. The van der Waals surface area contributed by atoms with Crippen LogP contribution < -0.4 is 9.62 Å². The lowest BCUT2D eigenvalue weighted by Crippen LogP contribution is -2.49. The van der Waals surface area contributed by atoms with Crippen LogP contribution in [-0.2, 0) is 27.7 Å². The van der Waals surface area contributed by atoms with Gasteiger partial charge in [-0.25, -0.2) is 12.8 Å². The van der Waals surface area contributed by atoms with Gasteiger partial charge in [0.15, 0.2) is 0 Å². The van der Waals surface area contributed by atoms with E-state index in [1.165, 1.54) is 35.4 Å². The third kappa shape index (κ3) is 4.78. The van der Waals surface area contributed by atoms with Gasteiger partial charge in [-0.2, -0.15) is 0 Å². The van der Waals surface area contributed by atoms with Gasteiger partial charge in [0.2, 0.25) is 15.9 Å². The van der Waals surface area contributed by atoms with Crippen LogP contribution >= 0.6 is 0 Å². The first kappa shape index (κ1) is 21.3. The van der Waals surface area contributed by atoms with E-state index in [4.69, 9.17) is 0 Å². The van der Waals surface area contributed by atoms with Crippen molar-refractivity contribution in [1.82, 2.24) is 5.32 Å². The Morgan fingerprint density at radius 1 is 1.14 bits per heavy atom. The Labute approximate surface area is 172 Å². The zero-order valence-corrected chi connectivity index (χ0v) is 17.8. The number of carbonyl (C=O) groups is 1. The minimum absolute atomic E-state index is 0.253. The molecule has 1 N–H and O–H groups in total. The lowest BCUT2D eigenvalue weighted by molar-refractivity contribution is -0.122. The van der Waals surface area contributed by atoms with Crippen molar-refractivity contribution in [2.45, 2.75) is 51.6 Å². The van der Waals surface area contributed by atoms with Gasteiger partial charge in [-0.1, -0.05) is 25.1 Å². The molecule has 29 heavy (non-hydrogen) atoms. The van der Waals surface area contributed by atoms with E-state index >= 15 is 0 Å². The summed E-state index contributed by atoms with van der Waals surface area (Å²) in [5, 5.41) is 2.95. The molecule has 156 valence electrons. The number of nitrogens with one attached hydrogen (secondary N) is 1. The summed E-state index contributed by atoms with van der Waals surface area (Å²) in [7, 11) is -3.75. The van der Waals surface area contributed by atoms with Gasteiger partial charge in [0, 0.05) is 0 Å². The van der Waals surface area contributed by atoms with Crippen molar-refractivity contribution in [3.8, 4) is 0 Å². The minimum Gasteiger partial charge on any atom is -0.348 e. The van der Waals surface area contributed by atoms with E-state index < -0.39 is 21.9 Å². The number of anilines is 1. The Hall–Kier alpha value is -2.41. The molecule has 2 aromatic rings. The zero-order valence-electron chi connectivity index (χ0n) is 17.0. The maximum absolute atomic E-state index is 13.3. The lowest BCUT2D eigenvalue weighted by atomic mass is 10.0. The molecule has 1 amide bonds. The number of nitrogens with zero attached hydrogens (tertiary/aromatic N) is 1. The molecule has 2 aromatic carbocycles. The molecule has 0 spiro atoms. The van der Waals surface area contributed by atoms with Gasteiger partial charge in [-0.05, 0) is 73.6 Å². The summed E-state index contributed by atoms with van der Waals surface area (Å²) in [4.78, 5) is 13.0. The summed E-state index contributed by atoms with van der Waals surface area (Å²) in [6, 6.07) is 10.2. The van der Waals surface area contributed by atoms with Gasteiger partial charge < -0.3 is 5.32 Å². The highest BCUT2D eigenvalue weighted by atomic mass is 32.2. The molecule has 1 aliphatic carbocycles. The van der Waals surface area contributed by atoms with Crippen molar-refractivity contribution >= 4 is 21.6 Å². The van der Waals surface area contributed by atoms with Crippen molar-refractivity contribution in [2.24, 2.45) is 0 Å². The minimum atomic E-state index is -3.75. The maximum atomic E-state index is 13.3. The second-order valence-electron chi connectivity index (χ2n) is 7.57. The molecule has 5 nitrogen and oxygen atoms in total. The van der Waals surface area contributed by atoms with Crippen LogP contribution in [0, 0.1) is 5.82 Å². The number of rotatable bonds is 7. The first-order valence-electron chi connectivity index (χ1n) is 9.87. The van der Waals surface area contributed by atoms with Crippen molar-refractivity contribution in [1.29, 1.82) is 0 Å². The summed E-state index contributed by atoms with van der Waals surface area (Å²) in [5.74, 6) is -0.847. The molecule has 0 heterocycles. The van der Waals surface area contributed by atoms with Crippen LogP contribution in [0.3, 0.4) is 0 Å². The number of sulfonamides is 1. The molecule has 3 rings (SSSR count). The van der Waals surface area contributed by atoms with Crippen LogP contribution in [0.2, 0.25) is 0 Å². The summed E-state index contributed by atoms with van der Waals surface area (Å²) in [6.07, 6.45) is 4.63. The molecule has 7 heteroatoms. The number of benzene rings is 2. The molecule has 1 aliphatic rings. The molecular weight excluding hydrogens is 391 g/mol. The van der Waals surface area contributed by atoms with Gasteiger partial charge in [0.25, 0.3) is 0 Å². The number of amides is 1. The number of halogens is 1. The summed E-state index contributed by atoms with van der Waals surface area (Å²) in [5.41, 5.74) is 3.95. The fourth-order valence-corrected chi connectivity index (χ4v) is 5.11. The molecular formula is C22H27FN2O3S. The Kier molecular flexibility index (Phi) is 6.27. The first-order valence-corrected chi connectivity index (χ1v) is 11.7. The highest BCUT2D eigenvalue weighted by Crippen LogP contribution is 2.26. The Morgan fingerprint density at radius 3 is 2.41 bits per heavy atom. The Balaban J connectivity index is 1.83. The number of aryl methyl sites for hydroxylation is 2. The predicted octanol–water partition coefficient (Wildman–Crippen LogP) is 3.74. The molecule has 0 saturated heterocycles. The van der Waals surface area contributed by atoms with Crippen LogP contribution in [0.1, 0.15) is 49.4 Å². The summed E-state index contributed by atoms with van der Waals surface area (Å²) >= 11 is 0. The molecule has 0 saturated carbocycles. The van der Waals surface area contributed by atoms with Crippen LogP contribution in [0.25, 0.3) is 0 Å². The number of hydrogen-bond acceptors (Lipinski definition) is 3. The SMILES string of the molecule is CC[C@H](C(=O)N[C@H](C)c1ccc2c(c1)CCC2)N(c1ccc(F)cc1)S(C)(=O)=O. The van der Waals surface area contributed by atoms with Gasteiger partial charge >= 0.3 is 0 Å². The Bertz CT molecular complexity index is 990. The predicted molar refractivity (Wildman–Crippen MR) is 113 cm³/mol. The number of fused-ring (bicyclic) bond motifs is 1. The van der Waals surface area contributed by atoms with E-state index in [1.807, 2.05) is 13.0 Å². The molecule has 0 bridgehead atoms. The average Bonchev–Trinajstić information content (AvgIpc) is 3.13. The number of hydrogen-bond donors (Lipinski definition) is 1. The van der Waals surface area contributed by atoms with E-state index in [-0.39, 0.29) is 24.1 Å². The topological polar surface area (TPSA) is 66.5 Å². The highest BCUT2D eigenvalue weighted by Gasteiger charge is 2.32. The standard InChI is InChI=1S/C22H27FN2O3S/c1-4-21(25(29(3,27)28)20-12-10-19(23)11-13-20)22(26)24-15(2)17-9-8-16-6-5-7-18(16)14-17/h8-15,21H,4-7H2,1-3H3,(H,24,26)/t15-,21-/m1/s1. The largest absolute Gasteiger partial charge is 0.348 e. The molecule has 0 aliphatic heterocycles. The molecule has 0 unspecified atom stereocenters. The van der Waals surface area contributed by atoms with Crippen LogP contribution in [-0.4, -0.2) is 26.6 Å². The second kappa shape index (κ2) is 8.53. The van der Waals surface area contributed by atoms with Crippen molar-refractivity contribution < 1.29 is 17.6 Å². The maximum Gasteiger partial charge on any atom is 0.244 e. The van der Waals surface area contributed by atoms with Crippen molar-refractivity contribution in [2.75, 3.05) is 10.6 Å². The molecule has 0 fully saturated rings. The molecule has 2 atom stereocenters. The van der Waals surface area contributed by atoms with Crippen LogP contribution in [0.4, 0.5) is 10.1 Å². The normalized spacial score (nSPS) is 15.4. The van der Waals surface area contributed by atoms with E-state index in [9.17, 15) is 17.6 Å². The van der Waals surface area contributed by atoms with Gasteiger partial charge in [0.05, 0.1) is 18.0 Å². The van der Waals surface area contributed by atoms with E-state index in [2.05, 4.69) is 17.4 Å². The van der Waals surface area contributed by atoms with Crippen LogP contribution in [0.5, 0.6) is 0 Å². The molecule has 0 radical (unpaired) electrons. The quantitative estimate of drug-likeness (QED) is 0.745. The average molecular weight is 419 g/mol. The molecule has 0 aromatic heterocycles. The van der Waals surface area contributed by atoms with Gasteiger partial charge in [-0.15, -0.1) is 0 Å². The summed E-state index contributed by atoms with van der Waals surface area (Å²) < 4.78 is 39.3. The summed E-state index contributed by atoms with van der Waals surface area (Å²) in [6.45, 7) is 3.65. The van der Waals surface area contributed by atoms with Gasteiger partial charge in [0.1, 0.15) is 11.9 Å². The fourth-order valence-electron chi connectivity index (χ4n) is 3.90. The van der Waals surface area contributed by atoms with E-state index in [0.29, 0.717) is 0 Å².